The normalized spacial score (nSPS) is 11.4. The summed E-state index contributed by atoms with van der Waals surface area (Å²) >= 11 is 0. The number of benzene rings is 1. The number of carbonyl (C=O) groups is 2. The van der Waals surface area contributed by atoms with Crippen molar-refractivity contribution in [2.24, 2.45) is 5.92 Å². The molecule has 1 atom stereocenters. The Kier molecular flexibility index (Phi) is 4.41. The molecule has 0 aliphatic rings. The zero-order chi connectivity index (χ0) is 12.8. The van der Waals surface area contributed by atoms with Crippen molar-refractivity contribution in [3.8, 4) is 6.07 Å². The van der Waals surface area contributed by atoms with Gasteiger partial charge in [0.1, 0.15) is 0 Å². The van der Waals surface area contributed by atoms with Crippen molar-refractivity contribution in [1.29, 1.82) is 5.26 Å². The van der Waals surface area contributed by atoms with Crippen LogP contribution in [-0.4, -0.2) is 11.7 Å². The van der Waals surface area contributed by atoms with Crippen molar-refractivity contribution in [3.63, 3.8) is 0 Å². The number of hydrogen-bond acceptors (Lipinski definition) is 3. The third-order valence-corrected chi connectivity index (χ3v) is 2.33. The molecule has 0 fully saturated rings. The third-order valence-electron chi connectivity index (χ3n) is 2.33. The van der Waals surface area contributed by atoms with Gasteiger partial charge in [0.15, 0.2) is 5.78 Å². The second-order valence-corrected chi connectivity index (χ2v) is 3.89. The molecule has 0 saturated heterocycles. The highest BCUT2D eigenvalue weighted by Crippen LogP contribution is 2.15. The maximum atomic E-state index is 11.8. The van der Waals surface area contributed by atoms with Crippen LogP contribution in [0.4, 0.5) is 5.69 Å². The molecule has 0 aliphatic carbocycles. The predicted octanol–water partition coefficient (Wildman–Crippen LogP) is 2.38. The van der Waals surface area contributed by atoms with Gasteiger partial charge in [-0.05, 0) is 24.3 Å². The van der Waals surface area contributed by atoms with Crippen LogP contribution >= 0.6 is 0 Å². The zero-order valence-corrected chi connectivity index (χ0v) is 9.86. The largest absolute Gasteiger partial charge is 0.326 e. The van der Waals surface area contributed by atoms with E-state index in [0.717, 1.165) is 0 Å². The summed E-state index contributed by atoms with van der Waals surface area (Å²) < 4.78 is 0. The minimum absolute atomic E-state index is 0.0547. The smallest absolute Gasteiger partial charge is 0.221 e. The number of nitrogens with one attached hydrogen (secondary N) is 1. The molecule has 1 unspecified atom stereocenters. The van der Waals surface area contributed by atoms with Gasteiger partial charge in [-0.15, -0.1) is 0 Å². The van der Waals surface area contributed by atoms with Gasteiger partial charge in [-0.3, -0.25) is 9.59 Å². The van der Waals surface area contributed by atoms with Crippen LogP contribution in [-0.2, 0) is 4.79 Å². The van der Waals surface area contributed by atoms with Crippen molar-refractivity contribution in [3.05, 3.63) is 29.8 Å². The van der Waals surface area contributed by atoms with Crippen LogP contribution in [0.15, 0.2) is 24.3 Å². The number of Topliss-reactive ketones (excluding diaryl/α,β-unsaturated/α-hetero) is 1. The van der Waals surface area contributed by atoms with Gasteiger partial charge in [0.05, 0.1) is 6.07 Å². The van der Waals surface area contributed by atoms with Crippen LogP contribution in [0.1, 0.15) is 30.6 Å². The van der Waals surface area contributed by atoms with E-state index in [1.165, 1.54) is 6.92 Å². The number of nitrogens with zero attached hydrogens (tertiary/aromatic N) is 1. The summed E-state index contributed by atoms with van der Waals surface area (Å²) in [5, 5.41) is 11.1. The Hall–Kier alpha value is -2.15. The van der Waals surface area contributed by atoms with E-state index in [0.29, 0.717) is 11.3 Å². The summed E-state index contributed by atoms with van der Waals surface area (Å²) in [4.78, 5) is 22.6. The first kappa shape index (κ1) is 12.9. The zero-order valence-electron chi connectivity index (χ0n) is 9.86. The summed E-state index contributed by atoms with van der Waals surface area (Å²) in [6.07, 6.45) is 0.215. The molecule has 0 radical (unpaired) electrons. The SMILES string of the molecule is CC(=O)Nc1ccc(C(=O)C(C)CC#N)cc1. The average molecular weight is 230 g/mol. The summed E-state index contributed by atoms with van der Waals surface area (Å²) in [5.41, 5.74) is 1.21. The van der Waals surface area contributed by atoms with E-state index in [2.05, 4.69) is 5.32 Å². The molecule has 1 rings (SSSR count). The monoisotopic (exact) mass is 230 g/mol. The Labute approximate surface area is 100 Å². The molecule has 1 amide bonds. The van der Waals surface area contributed by atoms with Crippen LogP contribution in [0, 0.1) is 17.2 Å². The van der Waals surface area contributed by atoms with Crippen LogP contribution in [0.2, 0.25) is 0 Å². The van der Waals surface area contributed by atoms with E-state index in [1.54, 1.807) is 31.2 Å². The molecular formula is C13H14N2O2. The van der Waals surface area contributed by atoms with Crippen LogP contribution in [0.5, 0.6) is 0 Å². The number of rotatable bonds is 4. The molecular weight excluding hydrogens is 216 g/mol. The highest BCUT2D eigenvalue weighted by Gasteiger charge is 2.14. The van der Waals surface area contributed by atoms with Crippen molar-refractivity contribution < 1.29 is 9.59 Å². The first-order valence-electron chi connectivity index (χ1n) is 5.33. The van der Waals surface area contributed by atoms with Gasteiger partial charge in [-0.25, -0.2) is 0 Å². The molecule has 0 aliphatic heterocycles. The standard InChI is InChI=1S/C13H14N2O2/c1-9(7-8-14)13(17)11-3-5-12(6-4-11)15-10(2)16/h3-6,9H,7H2,1-2H3,(H,15,16). The second kappa shape index (κ2) is 5.80. The highest BCUT2D eigenvalue weighted by molar-refractivity contribution is 5.98. The number of nitriles is 1. The molecule has 17 heavy (non-hydrogen) atoms. The molecule has 0 spiro atoms. The van der Waals surface area contributed by atoms with Crippen molar-refractivity contribution in [1.82, 2.24) is 0 Å². The molecule has 0 saturated carbocycles. The fourth-order valence-corrected chi connectivity index (χ4v) is 1.44. The van der Waals surface area contributed by atoms with Gasteiger partial charge < -0.3 is 5.32 Å². The molecule has 88 valence electrons. The fourth-order valence-electron chi connectivity index (χ4n) is 1.44. The number of anilines is 1. The van der Waals surface area contributed by atoms with E-state index in [1.807, 2.05) is 6.07 Å². The summed E-state index contributed by atoms with van der Waals surface area (Å²) in [6, 6.07) is 8.63. The first-order valence-corrected chi connectivity index (χ1v) is 5.33. The molecule has 4 nitrogen and oxygen atoms in total. The maximum absolute atomic E-state index is 11.8. The quantitative estimate of drug-likeness (QED) is 0.807. The molecule has 0 aromatic heterocycles. The van der Waals surface area contributed by atoms with Gasteiger partial charge in [0.25, 0.3) is 0 Å². The average Bonchev–Trinajstić information content (AvgIpc) is 2.28. The molecule has 0 bridgehead atoms. The predicted molar refractivity (Wildman–Crippen MR) is 64.5 cm³/mol. The van der Waals surface area contributed by atoms with Gasteiger partial charge in [0.2, 0.25) is 5.91 Å². The van der Waals surface area contributed by atoms with E-state index >= 15 is 0 Å². The van der Waals surface area contributed by atoms with E-state index in [-0.39, 0.29) is 24.0 Å². The van der Waals surface area contributed by atoms with Crippen LogP contribution in [0.3, 0.4) is 0 Å². The lowest BCUT2D eigenvalue weighted by Gasteiger charge is -2.07. The number of amides is 1. The van der Waals surface area contributed by atoms with Gasteiger partial charge in [0, 0.05) is 30.5 Å². The Morgan fingerprint density at radius 2 is 1.94 bits per heavy atom. The molecule has 1 aromatic rings. The lowest BCUT2D eigenvalue weighted by molar-refractivity contribution is -0.114. The summed E-state index contributed by atoms with van der Waals surface area (Å²) in [7, 11) is 0. The van der Waals surface area contributed by atoms with Gasteiger partial charge >= 0.3 is 0 Å². The minimum Gasteiger partial charge on any atom is -0.326 e. The van der Waals surface area contributed by atoms with Gasteiger partial charge in [-0.2, -0.15) is 5.26 Å². The van der Waals surface area contributed by atoms with Crippen LogP contribution in [0.25, 0.3) is 0 Å². The Morgan fingerprint density at radius 3 is 2.41 bits per heavy atom. The Morgan fingerprint density at radius 1 is 1.35 bits per heavy atom. The molecule has 1 N–H and O–H groups in total. The van der Waals surface area contributed by atoms with Crippen LogP contribution < -0.4 is 5.32 Å². The van der Waals surface area contributed by atoms with E-state index < -0.39 is 0 Å². The minimum atomic E-state index is -0.299. The molecule has 1 aromatic carbocycles. The lowest BCUT2D eigenvalue weighted by Crippen LogP contribution is -2.11. The topological polar surface area (TPSA) is 70.0 Å². The van der Waals surface area contributed by atoms with Crippen molar-refractivity contribution in [2.75, 3.05) is 5.32 Å². The molecule has 4 heteroatoms. The Bertz CT molecular complexity index is 457. The van der Waals surface area contributed by atoms with Crippen molar-refractivity contribution >= 4 is 17.4 Å². The third kappa shape index (κ3) is 3.72. The number of carbonyl (C=O) groups excluding carboxylic acids is 2. The van der Waals surface area contributed by atoms with Crippen molar-refractivity contribution in [2.45, 2.75) is 20.3 Å². The fraction of sp³-hybridized carbons (Fsp3) is 0.308. The first-order chi connectivity index (χ1) is 8.04. The van der Waals surface area contributed by atoms with E-state index in [9.17, 15) is 9.59 Å². The van der Waals surface area contributed by atoms with E-state index in [4.69, 9.17) is 5.26 Å². The van der Waals surface area contributed by atoms with Gasteiger partial charge in [-0.1, -0.05) is 6.92 Å². The highest BCUT2D eigenvalue weighted by atomic mass is 16.1. The lowest BCUT2D eigenvalue weighted by atomic mass is 9.97. The Balaban J connectivity index is 2.77. The molecule has 0 heterocycles. The summed E-state index contributed by atoms with van der Waals surface area (Å²) in [6.45, 7) is 3.15. The second-order valence-electron chi connectivity index (χ2n) is 3.89. The maximum Gasteiger partial charge on any atom is 0.221 e. The summed E-state index contributed by atoms with van der Waals surface area (Å²) in [5.74, 6) is -0.505. The number of hydrogen-bond donors (Lipinski definition) is 1. The number of ketones is 1.